The molecule has 2 fully saturated rings. The molecule has 0 radical (unpaired) electrons. The number of nitrogens with two attached hydrogens (primary N) is 1. The van der Waals surface area contributed by atoms with Crippen LogP contribution in [-0.2, 0) is 28.1 Å². The molecule has 0 unspecified atom stereocenters. The van der Waals surface area contributed by atoms with E-state index in [4.69, 9.17) is 28.9 Å². The zero-order valence-corrected chi connectivity index (χ0v) is 34.2. The van der Waals surface area contributed by atoms with Crippen molar-refractivity contribution in [1.82, 2.24) is 4.98 Å². The fraction of sp³-hybridized carbons (Fsp3) is 0.692. The van der Waals surface area contributed by atoms with Crippen molar-refractivity contribution in [3.63, 3.8) is 0 Å². The highest BCUT2D eigenvalue weighted by atomic mass is 31.2. The fourth-order valence-electron chi connectivity index (χ4n) is 7.45. The molecule has 3 heterocycles. The zero-order chi connectivity index (χ0) is 40.8. The third kappa shape index (κ3) is 11.8. The summed E-state index contributed by atoms with van der Waals surface area (Å²) in [5.74, 6) is -2.79. The molecule has 54 heavy (non-hydrogen) atoms. The molecule has 7 N–H and O–H groups in total. The van der Waals surface area contributed by atoms with Gasteiger partial charge in [0.2, 0.25) is 5.91 Å². The van der Waals surface area contributed by atoms with Crippen molar-refractivity contribution >= 4 is 19.8 Å². The number of phosphoric acid groups is 1. The van der Waals surface area contributed by atoms with E-state index >= 15 is 0 Å². The molecule has 0 aromatic carbocycles. The number of amides is 1. The molecule has 0 aliphatic carbocycles. The van der Waals surface area contributed by atoms with Gasteiger partial charge in [0, 0.05) is 56.1 Å². The average Bonchev–Trinajstić information content (AvgIpc) is 3.57. The number of carbonyl (C=O) groups excluding carboxylic acids is 1. The number of primary amides is 1. The van der Waals surface area contributed by atoms with Crippen molar-refractivity contribution in [1.29, 1.82) is 0 Å². The Bertz CT molecular complexity index is 1580. The Balaban J connectivity index is 1.80. The van der Waals surface area contributed by atoms with E-state index in [2.05, 4.69) is 11.1 Å². The number of aromatic nitrogens is 1. The lowest BCUT2D eigenvalue weighted by Gasteiger charge is -2.50. The van der Waals surface area contributed by atoms with Crippen molar-refractivity contribution in [3.8, 4) is 0 Å². The second-order valence-corrected chi connectivity index (χ2v) is 16.9. The Hall–Kier alpha value is -2.49. The van der Waals surface area contributed by atoms with Gasteiger partial charge >= 0.3 is 7.82 Å². The van der Waals surface area contributed by atoms with E-state index in [-0.39, 0.29) is 24.7 Å². The molecule has 306 valence electrons. The quantitative estimate of drug-likeness (QED) is 0.0635. The van der Waals surface area contributed by atoms with E-state index in [0.29, 0.717) is 24.4 Å². The number of aliphatic hydroxyl groups is 3. The smallest absolute Gasteiger partial charge is 0.449 e. The minimum atomic E-state index is -5.08. The monoisotopic (exact) mass is 782 g/mol. The molecule has 14 nitrogen and oxygen atoms in total. The number of hydrogen-bond acceptors (Lipinski definition) is 11. The lowest BCUT2D eigenvalue weighted by molar-refractivity contribution is -0.334. The van der Waals surface area contributed by atoms with E-state index in [1.165, 1.54) is 19.4 Å². The third-order valence-corrected chi connectivity index (χ3v) is 11.7. The molecule has 2 aliphatic rings. The fourth-order valence-corrected chi connectivity index (χ4v) is 8.13. The largest absolute Gasteiger partial charge is 0.469 e. The second-order valence-electron chi connectivity index (χ2n) is 15.7. The van der Waals surface area contributed by atoms with Crippen LogP contribution in [0.4, 0.5) is 0 Å². The highest BCUT2D eigenvalue weighted by molar-refractivity contribution is 7.46. The SMILES string of the molecule is CO[C@H](C[C@H](O)[C@H](C)[C@H](O)[C@H](C)/C=C(C)/C(C)=C/CC/C(C)=C\C(N)=O)[C@H]1O[C@]2(C[C@H](O)[C@H](C)[C@H](C/C=C/c3coc(C)n3)O2)C(C)(C)[C@H]1OP(=O)(O)O. The van der Waals surface area contributed by atoms with Gasteiger partial charge in [-0.2, -0.15) is 0 Å². The molecular weight excluding hydrogens is 719 g/mol. The zero-order valence-electron chi connectivity index (χ0n) is 33.3. The molecule has 11 atom stereocenters. The second kappa shape index (κ2) is 19.1. The van der Waals surface area contributed by atoms with E-state index in [1.807, 2.05) is 46.8 Å². The molecule has 0 bridgehead atoms. The van der Waals surface area contributed by atoms with Crippen LogP contribution in [0.25, 0.3) is 6.08 Å². The first-order valence-electron chi connectivity index (χ1n) is 18.6. The number of ether oxygens (including phenoxy) is 3. The number of allylic oxidation sites excluding steroid dienone is 4. The van der Waals surface area contributed by atoms with Crippen molar-refractivity contribution in [2.45, 2.75) is 143 Å². The summed E-state index contributed by atoms with van der Waals surface area (Å²) in [6.45, 7) is 16.4. The Labute approximate surface area is 319 Å². The van der Waals surface area contributed by atoms with Crippen molar-refractivity contribution in [3.05, 3.63) is 58.9 Å². The summed E-state index contributed by atoms with van der Waals surface area (Å²) in [5, 5.41) is 34.1. The maximum atomic E-state index is 12.4. The number of methoxy groups -OCH3 is 1. The number of aliphatic hydroxyl groups excluding tert-OH is 3. The predicted molar refractivity (Wildman–Crippen MR) is 203 cm³/mol. The molecule has 1 spiro atoms. The van der Waals surface area contributed by atoms with E-state index < -0.39 is 73.6 Å². The number of phosphoric ester groups is 1. The minimum Gasteiger partial charge on any atom is -0.449 e. The topological polar surface area (TPSA) is 224 Å². The standard InChI is InChI=1S/C39H63N2O12P/c1-22(17-34(40)44)13-11-14-23(2)24(3)18-25(4)35(45)27(6)30(42)19-33(49-10)36-37(53-54(46,47)48)38(8,9)39(52-36)20-31(43)26(5)32(51-39)16-12-15-29-21-50-28(7)41-29/h12,14-15,17-18,21,25-27,30-33,35-37,42-43,45H,11,13,16,19-20H2,1-10H3,(H2,40,44)(H2,46,47,48)/b15-12+,22-17-,23-14+,24-18+/t25-,26+,27+,30+,31+,32+,33-,35-,36-,37+,39-/m1/s1. The highest BCUT2D eigenvalue weighted by Gasteiger charge is 2.67. The summed E-state index contributed by atoms with van der Waals surface area (Å²) in [5.41, 5.74) is 7.51. The summed E-state index contributed by atoms with van der Waals surface area (Å²) in [6.07, 6.45) is 5.42. The Morgan fingerprint density at radius 1 is 1.17 bits per heavy atom. The van der Waals surface area contributed by atoms with Crippen molar-refractivity contribution in [2.24, 2.45) is 28.9 Å². The number of aryl methyl sites for hydroxylation is 1. The Morgan fingerprint density at radius 2 is 1.83 bits per heavy atom. The van der Waals surface area contributed by atoms with Crippen LogP contribution in [-0.4, -0.2) is 91.6 Å². The van der Waals surface area contributed by atoms with Gasteiger partial charge in [-0.3, -0.25) is 9.32 Å². The van der Waals surface area contributed by atoms with Gasteiger partial charge in [0.05, 0.1) is 30.5 Å². The summed E-state index contributed by atoms with van der Waals surface area (Å²) < 4.78 is 42.2. The summed E-state index contributed by atoms with van der Waals surface area (Å²) in [7, 11) is -3.68. The van der Waals surface area contributed by atoms with Gasteiger partial charge in [0.1, 0.15) is 24.2 Å². The number of nitrogens with zero attached hydrogens (tertiary/aromatic N) is 1. The first kappa shape index (κ1) is 45.9. The molecule has 3 rings (SSSR count). The van der Waals surface area contributed by atoms with Crippen LogP contribution in [0.3, 0.4) is 0 Å². The predicted octanol–water partition coefficient (Wildman–Crippen LogP) is 5.27. The van der Waals surface area contributed by atoms with E-state index in [0.717, 1.165) is 23.1 Å². The molecule has 15 heteroatoms. The van der Waals surface area contributed by atoms with Crippen LogP contribution >= 0.6 is 7.82 Å². The molecule has 1 aromatic rings. The van der Waals surface area contributed by atoms with Crippen molar-refractivity contribution < 1.29 is 57.6 Å². The van der Waals surface area contributed by atoms with Gasteiger partial charge in [-0.15, -0.1) is 0 Å². The number of oxazole rings is 1. The molecule has 1 aromatic heterocycles. The minimum absolute atomic E-state index is 0.00374. The number of rotatable bonds is 18. The van der Waals surface area contributed by atoms with Crippen LogP contribution in [0.2, 0.25) is 0 Å². The highest BCUT2D eigenvalue weighted by Crippen LogP contribution is 2.58. The average molecular weight is 783 g/mol. The summed E-state index contributed by atoms with van der Waals surface area (Å²) in [6, 6.07) is 0. The third-order valence-electron chi connectivity index (χ3n) is 11.2. The molecule has 2 aliphatic heterocycles. The molecular formula is C39H63N2O12P. The van der Waals surface area contributed by atoms with Gasteiger partial charge in [0.25, 0.3) is 0 Å². The lowest BCUT2D eigenvalue weighted by atomic mass is 9.72. The number of carbonyl (C=O) groups is 1. The maximum Gasteiger partial charge on any atom is 0.469 e. The van der Waals surface area contributed by atoms with Gasteiger partial charge in [-0.05, 0) is 46.1 Å². The normalized spacial score (nSPS) is 29.8. The lowest BCUT2D eigenvalue weighted by Crippen LogP contribution is -2.58. The van der Waals surface area contributed by atoms with Gasteiger partial charge in [-0.1, -0.05) is 69.6 Å². The van der Waals surface area contributed by atoms with Crippen LogP contribution in [0.5, 0.6) is 0 Å². The molecule has 1 amide bonds. The van der Waals surface area contributed by atoms with Crippen LogP contribution in [0.15, 0.2) is 51.7 Å². The van der Waals surface area contributed by atoms with Gasteiger partial charge < -0.3 is 49.5 Å². The maximum absolute atomic E-state index is 12.4. The Kier molecular flexibility index (Phi) is 16.2. The first-order chi connectivity index (χ1) is 25.0. The Morgan fingerprint density at radius 3 is 2.41 bits per heavy atom. The summed E-state index contributed by atoms with van der Waals surface area (Å²) in [4.78, 5) is 35.4. The van der Waals surface area contributed by atoms with E-state index in [9.17, 15) is 34.5 Å². The van der Waals surface area contributed by atoms with Crippen LogP contribution in [0, 0.1) is 30.1 Å². The van der Waals surface area contributed by atoms with Gasteiger partial charge in [0.15, 0.2) is 11.7 Å². The van der Waals surface area contributed by atoms with E-state index in [1.54, 1.807) is 33.8 Å². The van der Waals surface area contributed by atoms with Crippen LogP contribution in [0.1, 0.15) is 99.1 Å². The van der Waals surface area contributed by atoms with Crippen LogP contribution < -0.4 is 5.73 Å². The summed E-state index contributed by atoms with van der Waals surface area (Å²) >= 11 is 0. The molecule has 0 saturated carbocycles. The van der Waals surface area contributed by atoms with Crippen molar-refractivity contribution in [2.75, 3.05) is 7.11 Å². The first-order valence-corrected chi connectivity index (χ1v) is 20.1. The molecule has 2 saturated heterocycles. The number of hydrogen-bond donors (Lipinski definition) is 6. The van der Waals surface area contributed by atoms with Gasteiger partial charge in [-0.25, -0.2) is 9.55 Å².